The number of para-hydroxylation sites is 2. The minimum atomic E-state index is -0.525. The molecule has 8 heteroatoms. The molecule has 0 aliphatic carbocycles. The van der Waals surface area contributed by atoms with E-state index in [-0.39, 0.29) is 23.2 Å². The standard InChI is InChI=1S/C20H10N4O4/c25-19-11-5-1-3-7-13(11)23-17(27-19)15-9-21-10-16(22-15)18-24-14-8-4-2-6-12(14)20(26)28-18/h1-10H. The van der Waals surface area contributed by atoms with Gasteiger partial charge in [0.1, 0.15) is 11.4 Å². The number of hydrogen-bond acceptors (Lipinski definition) is 8. The predicted molar refractivity (Wildman–Crippen MR) is 101 cm³/mol. The van der Waals surface area contributed by atoms with Crippen LogP contribution in [0.4, 0.5) is 0 Å². The van der Waals surface area contributed by atoms with E-state index < -0.39 is 11.3 Å². The number of nitrogens with zero attached hydrogens (tertiary/aromatic N) is 4. The number of benzene rings is 2. The maximum absolute atomic E-state index is 12.2. The second-order valence-corrected chi connectivity index (χ2v) is 5.94. The number of rotatable bonds is 2. The average Bonchev–Trinajstić information content (AvgIpc) is 2.74. The lowest BCUT2D eigenvalue weighted by atomic mass is 10.2. The first-order valence-electron chi connectivity index (χ1n) is 8.31. The van der Waals surface area contributed by atoms with Crippen molar-refractivity contribution >= 4 is 21.8 Å². The van der Waals surface area contributed by atoms with Gasteiger partial charge in [0.05, 0.1) is 34.2 Å². The van der Waals surface area contributed by atoms with Gasteiger partial charge in [0.15, 0.2) is 0 Å². The lowest BCUT2D eigenvalue weighted by molar-refractivity contribution is 0.511. The molecule has 0 bridgehead atoms. The van der Waals surface area contributed by atoms with Crippen molar-refractivity contribution in [1.82, 2.24) is 19.9 Å². The third-order valence-corrected chi connectivity index (χ3v) is 4.14. The second-order valence-electron chi connectivity index (χ2n) is 5.94. The highest BCUT2D eigenvalue weighted by Crippen LogP contribution is 2.20. The molecule has 0 amide bonds. The average molecular weight is 370 g/mol. The van der Waals surface area contributed by atoms with E-state index in [9.17, 15) is 9.59 Å². The van der Waals surface area contributed by atoms with Crippen LogP contribution in [-0.2, 0) is 0 Å². The molecule has 2 aromatic carbocycles. The summed E-state index contributed by atoms with van der Waals surface area (Å²) in [7, 11) is 0. The third kappa shape index (κ3) is 2.64. The summed E-state index contributed by atoms with van der Waals surface area (Å²) in [4.78, 5) is 41.5. The zero-order chi connectivity index (χ0) is 19.1. The number of aromatic nitrogens is 4. The smallest absolute Gasteiger partial charge is 0.347 e. The fourth-order valence-corrected chi connectivity index (χ4v) is 2.83. The Morgan fingerprint density at radius 2 is 1.07 bits per heavy atom. The highest BCUT2D eigenvalue weighted by Gasteiger charge is 2.14. The summed E-state index contributed by atoms with van der Waals surface area (Å²) in [6.07, 6.45) is 2.81. The molecular weight excluding hydrogens is 360 g/mol. The molecule has 0 saturated carbocycles. The fourth-order valence-electron chi connectivity index (χ4n) is 2.83. The van der Waals surface area contributed by atoms with Gasteiger partial charge in [-0.2, -0.15) is 0 Å². The summed E-state index contributed by atoms with van der Waals surface area (Å²) in [6, 6.07) is 13.7. The zero-order valence-electron chi connectivity index (χ0n) is 14.2. The summed E-state index contributed by atoms with van der Waals surface area (Å²) < 4.78 is 10.6. The second kappa shape index (κ2) is 6.20. The molecule has 5 rings (SSSR count). The highest BCUT2D eigenvalue weighted by molar-refractivity contribution is 5.79. The molecule has 0 saturated heterocycles. The van der Waals surface area contributed by atoms with Gasteiger partial charge in [-0.05, 0) is 24.3 Å². The third-order valence-electron chi connectivity index (χ3n) is 4.14. The van der Waals surface area contributed by atoms with E-state index in [1.54, 1.807) is 48.5 Å². The van der Waals surface area contributed by atoms with Crippen molar-refractivity contribution in [3.05, 3.63) is 81.8 Å². The molecule has 134 valence electrons. The van der Waals surface area contributed by atoms with Crippen LogP contribution in [0.25, 0.3) is 45.0 Å². The molecule has 0 atom stereocenters. The van der Waals surface area contributed by atoms with Crippen LogP contribution in [0.5, 0.6) is 0 Å². The summed E-state index contributed by atoms with van der Waals surface area (Å²) >= 11 is 0. The van der Waals surface area contributed by atoms with Crippen molar-refractivity contribution in [1.29, 1.82) is 0 Å². The van der Waals surface area contributed by atoms with E-state index in [4.69, 9.17) is 8.83 Å². The quantitative estimate of drug-likeness (QED) is 0.466. The van der Waals surface area contributed by atoms with Crippen molar-refractivity contribution in [2.75, 3.05) is 0 Å². The summed E-state index contributed by atoms with van der Waals surface area (Å²) in [5, 5.41) is 0.745. The van der Waals surface area contributed by atoms with Crippen LogP contribution in [0, 0.1) is 0 Å². The molecule has 0 N–H and O–H groups in total. The topological polar surface area (TPSA) is 112 Å². The highest BCUT2D eigenvalue weighted by atomic mass is 16.4. The molecule has 3 heterocycles. The Balaban J connectivity index is 1.67. The first kappa shape index (κ1) is 16.0. The lowest BCUT2D eigenvalue weighted by Crippen LogP contribution is -2.05. The van der Waals surface area contributed by atoms with E-state index in [2.05, 4.69) is 19.9 Å². The SMILES string of the molecule is O=c1oc(-c2cncc(-c3nc4ccccc4c(=O)o3)n2)nc2ccccc12. The van der Waals surface area contributed by atoms with E-state index in [0.717, 1.165) is 0 Å². The Hall–Kier alpha value is -4.20. The van der Waals surface area contributed by atoms with Gasteiger partial charge in [0, 0.05) is 0 Å². The molecule has 0 spiro atoms. The van der Waals surface area contributed by atoms with Crippen LogP contribution < -0.4 is 11.3 Å². The Kier molecular flexibility index (Phi) is 3.55. The Morgan fingerprint density at radius 3 is 1.57 bits per heavy atom. The van der Waals surface area contributed by atoms with Gasteiger partial charge in [-0.25, -0.2) is 24.5 Å². The van der Waals surface area contributed by atoms with Crippen molar-refractivity contribution in [3.8, 4) is 23.2 Å². The van der Waals surface area contributed by atoms with Crippen LogP contribution in [0.15, 0.2) is 79.3 Å². The normalized spacial score (nSPS) is 11.1. The van der Waals surface area contributed by atoms with Crippen LogP contribution in [-0.4, -0.2) is 19.9 Å². The van der Waals surface area contributed by atoms with Crippen LogP contribution in [0.1, 0.15) is 0 Å². The van der Waals surface area contributed by atoms with Crippen molar-refractivity contribution in [3.63, 3.8) is 0 Å². The molecule has 0 unspecified atom stereocenters. The largest absolute Gasteiger partial charge is 0.401 e. The molecule has 0 aliphatic rings. The van der Waals surface area contributed by atoms with Gasteiger partial charge < -0.3 is 8.83 Å². The molecule has 8 nitrogen and oxygen atoms in total. The molecule has 0 fully saturated rings. The lowest BCUT2D eigenvalue weighted by Gasteiger charge is -2.03. The monoisotopic (exact) mass is 370 g/mol. The molecule has 0 aliphatic heterocycles. The minimum absolute atomic E-state index is 0.0150. The van der Waals surface area contributed by atoms with Crippen LogP contribution in [0.3, 0.4) is 0 Å². The molecular formula is C20H10N4O4. The van der Waals surface area contributed by atoms with Crippen LogP contribution >= 0.6 is 0 Å². The van der Waals surface area contributed by atoms with Gasteiger partial charge in [-0.3, -0.25) is 4.98 Å². The molecule has 5 aromatic rings. The Bertz CT molecular complexity index is 1360. The molecule has 3 aromatic heterocycles. The summed E-state index contributed by atoms with van der Waals surface area (Å²) in [6.45, 7) is 0. The first-order valence-corrected chi connectivity index (χ1v) is 8.31. The fraction of sp³-hybridized carbons (Fsp3) is 0. The minimum Gasteiger partial charge on any atom is -0.401 e. The Morgan fingerprint density at radius 1 is 0.607 bits per heavy atom. The zero-order valence-corrected chi connectivity index (χ0v) is 14.2. The number of hydrogen-bond donors (Lipinski definition) is 0. The van der Waals surface area contributed by atoms with Crippen molar-refractivity contribution in [2.24, 2.45) is 0 Å². The summed E-state index contributed by atoms with van der Waals surface area (Å²) in [5.41, 5.74) is 0.356. The van der Waals surface area contributed by atoms with E-state index >= 15 is 0 Å². The van der Waals surface area contributed by atoms with Crippen molar-refractivity contribution < 1.29 is 8.83 Å². The van der Waals surface area contributed by atoms with E-state index in [1.807, 2.05) is 0 Å². The molecule has 0 radical (unpaired) electrons. The first-order chi connectivity index (χ1) is 13.7. The van der Waals surface area contributed by atoms with E-state index in [0.29, 0.717) is 21.8 Å². The predicted octanol–water partition coefficient (Wildman–Crippen LogP) is 2.81. The van der Waals surface area contributed by atoms with Gasteiger partial charge in [0.2, 0.25) is 0 Å². The van der Waals surface area contributed by atoms with Crippen molar-refractivity contribution in [2.45, 2.75) is 0 Å². The van der Waals surface area contributed by atoms with Gasteiger partial charge in [-0.1, -0.05) is 24.3 Å². The number of fused-ring (bicyclic) bond motifs is 2. The maximum Gasteiger partial charge on any atom is 0.347 e. The van der Waals surface area contributed by atoms with E-state index in [1.165, 1.54) is 12.4 Å². The Labute approximate surface area is 156 Å². The van der Waals surface area contributed by atoms with Gasteiger partial charge in [0.25, 0.3) is 11.8 Å². The van der Waals surface area contributed by atoms with Gasteiger partial charge >= 0.3 is 11.3 Å². The summed E-state index contributed by atoms with van der Waals surface area (Å²) in [5.74, 6) is 0.0300. The molecule has 28 heavy (non-hydrogen) atoms. The van der Waals surface area contributed by atoms with Gasteiger partial charge in [-0.15, -0.1) is 0 Å². The maximum atomic E-state index is 12.2. The van der Waals surface area contributed by atoms with Crippen LogP contribution in [0.2, 0.25) is 0 Å².